The van der Waals surface area contributed by atoms with Crippen LogP contribution < -0.4 is 0 Å². The largest absolute Gasteiger partial charge is 0.449 e. The van der Waals surface area contributed by atoms with Crippen LogP contribution in [0, 0.1) is 5.92 Å². The molecule has 0 spiro atoms. The highest BCUT2D eigenvalue weighted by Gasteiger charge is 2.20. The highest BCUT2D eigenvalue weighted by Crippen LogP contribution is 2.16. The van der Waals surface area contributed by atoms with Crippen LogP contribution in [0.2, 0.25) is 0 Å². The van der Waals surface area contributed by atoms with Crippen LogP contribution in [0.25, 0.3) is 0 Å². The van der Waals surface area contributed by atoms with Crippen molar-refractivity contribution in [3.63, 3.8) is 0 Å². The van der Waals surface area contributed by atoms with Crippen molar-refractivity contribution in [2.75, 3.05) is 19.7 Å². The average Bonchev–Trinajstić information content (AvgIpc) is 2.57. The summed E-state index contributed by atoms with van der Waals surface area (Å²) in [5.41, 5.74) is 0. The molecule has 1 amide bonds. The summed E-state index contributed by atoms with van der Waals surface area (Å²) in [6.45, 7) is 8.48. The van der Waals surface area contributed by atoms with Crippen LogP contribution in [0.4, 0.5) is 4.79 Å². The molecule has 1 aliphatic rings. The van der Waals surface area contributed by atoms with Gasteiger partial charge in [-0.15, -0.1) is 0 Å². The number of nitrogens with zero attached hydrogens (tertiary/aromatic N) is 1. The second kappa shape index (κ2) is 9.92. The Bertz CT molecular complexity index is 424. The number of carbonyl (C=O) groups excluding carboxylic acids is 3. The molecule has 0 aromatic heterocycles. The number of rotatable bonds is 9. The van der Waals surface area contributed by atoms with Crippen LogP contribution in [-0.2, 0) is 14.3 Å². The van der Waals surface area contributed by atoms with Gasteiger partial charge in [0.2, 0.25) is 0 Å². The summed E-state index contributed by atoms with van der Waals surface area (Å²) in [5, 5.41) is 0. The van der Waals surface area contributed by atoms with E-state index in [1.165, 1.54) is 12.2 Å². The van der Waals surface area contributed by atoms with Gasteiger partial charge >= 0.3 is 6.09 Å². The first kappa shape index (κ1) is 18.1. The van der Waals surface area contributed by atoms with E-state index in [9.17, 15) is 14.4 Å². The third-order valence-electron chi connectivity index (χ3n) is 3.80. The van der Waals surface area contributed by atoms with Crippen LogP contribution in [-0.4, -0.2) is 42.3 Å². The molecule has 1 saturated heterocycles. The van der Waals surface area contributed by atoms with Gasteiger partial charge in [0.05, 0.1) is 6.61 Å². The van der Waals surface area contributed by atoms with Gasteiger partial charge in [0.15, 0.2) is 11.6 Å². The molecule has 1 unspecified atom stereocenters. The van der Waals surface area contributed by atoms with E-state index in [2.05, 4.69) is 13.2 Å². The van der Waals surface area contributed by atoms with Gasteiger partial charge in [-0.1, -0.05) is 13.2 Å². The molecule has 0 aromatic rings. The van der Waals surface area contributed by atoms with Gasteiger partial charge in [-0.25, -0.2) is 4.79 Å². The van der Waals surface area contributed by atoms with E-state index in [1.807, 2.05) is 0 Å². The van der Waals surface area contributed by atoms with Crippen molar-refractivity contribution in [1.29, 1.82) is 0 Å². The number of hydrogen-bond acceptors (Lipinski definition) is 4. The lowest BCUT2D eigenvalue weighted by Crippen LogP contribution is -2.37. The van der Waals surface area contributed by atoms with Gasteiger partial charge < -0.3 is 9.64 Å². The summed E-state index contributed by atoms with van der Waals surface area (Å²) in [5.74, 6) is -0.341. The molecule has 0 aliphatic carbocycles. The minimum atomic E-state index is -0.328. The predicted octanol–water partition coefficient (Wildman–Crippen LogP) is 2.91. The molecule has 1 fully saturated rings. The van der Waals surface area contributed by atoms with Crippen molar-refractivity contribution >= 4 is 17.7 Å². The molecule has 5 heteroatoms. The van der Waals surface area contributed by atoms with Crippen molar-refractivity contribution in [2.24, 2.45) is 5.92 Å². The van der Waals surface area contributed by atoms with E-state index in [0.29, 0.717) is 12.8 Å². The maximum absolute atomic E-state index is 12.0. The number of ketones is 2. The summed E-state index contributed by atoms with van der Waals surface area (Å²) < 4.78 is 5.32. The lowest BCUT2D eigenvalue weighted by molar-refractivity contribution is -0.117. The number of amides is 1. The predicted molar refractivity (Wildman–Crippen MR) is 84.5 cm³/mol. The molecule has 0 radical (unpaired) electrons. The zero-order valence-electron chi connectivity index (χ0n) is 13.1. The summed E-state index contributed by atoms with van der Waals surface area (Å²) in [4.78, 5) is 36.5. The molecule has 0 aromatic carbocycles. The fourth-order valence-electron chi connectivity index (χ4n) is 2.42. The molecule has 0 saturated carbocycles. The minimum absolute atomic E-state index is 0.0709. The minimum Gasteiger partial charge on any atom is -0.449 e. The van der Waals surface area contributed by atoms with Gasteiger partial charge in [0, 0.05) is 31.8 Å². The molecule has 1 heterocycles. The lowest BCUT2D eigenvalue weighted by Gasteiger charge is -2.26. The van der Waals surface area contributed by atoms with Crippen molar-refractivity contribution < 1.29 is 19.1 Å². The second-order valence-corrected chi connectivity index (χ2v) is 5.57. The average molecular weight is 307 g/mol. The van der Waals surface area contributed by atoms with E-state index in [-0.39, 0.29) is 36.6 Å². The van der Waals surface area contributed by atoms with E-state index in [1.54, 1.807) is 4.90 Å². The van der Waals surface area contributed by atoms with E-state index >= 15 is 0 Å². The zero-order chi connectivity index (χ0) is 16.4. The highest BCUT2D eigenvalue weighted by atomic mass is 16.6. The van der Waals surface area contributed by atoms with Gasteiger partial charge in [-0.05, 0) is 37.8 Å². The molecule has 1 rings (SSSR count). The van der Waals surface area contributed by atoms with Crippen LogP contribution >= 0.6 is 0 Å². The van der Waals surface area contributed by atoms with Gasteiger partial charge in [-0.3, -0.25) is 9.59 Å². The number of hydrogen-bond donors (Lipinski definition) is 0. The van der Waals surface area contributed by atoms with Crippen molar-refractivity contribution in [3.05, 3.63) is 25.3 Å². The summed E-state index contributed by atoms with van der Waals surface area (Å²) in [7, 11) is 0. The third kappa shape index (κ3) is 6.70. The standard InChI is InChI=1S/C17H25NO4/c1-3-15(19)9-8-14(12-16(20)4-2)13-22-17(21)18-10-6-5-7-11-18/h3-4,14H,1-2,5-13H2. The molecule has 122 valence electrons. The smallest absolute Gasteiger partial charge is 0.409 e. The first-order valence-electron chi connectivity index (χ1n) is 7.79. The van der Waals surface area contributed by atoms with Gasteiger partial charge in [0.1, 0.15) is 0 Å². The third-order valence-corrected chi connectivity index (χ3v) is 3.80. The Balaban J connectivity index is 2.45. The Labute approximate surface area is 132 Å². The van der Waals surface area contributed by atoms with E-state index in [0.717, 1.165) is 32.4 Å². The van der Waals surface area contributed by atoms with Gasteiger partial charge in [0.25, 0.3) is 0 Å². The Morgan fingerprint density at radius 3 is 2.27 bits per heavy atom. The second-order valence-electron chi connectivity index (χ2n) is 5.57. The normalized spacial score (nSPS) is 15.7. The monoisotopic (exact) mass is 307 g/mol. The van der Waals surface area contributed by atoms with Crippen molar-refractivity contribution in [2.45, 2.75) is 38.5 Å². The zero-order valence-corrected chi connectivity index (χ0v) is 13.1. The first-order valence-corrected chi connectivity index (χ1v) is 7.79. The molecule has 22 heavy (non-hydrogen) atoms. The number of ether oxygens (including phenoxy) is 1. The highest BCUT2D eigenvalue weighted by molar-refractivity contribution is 5.90. The quantitative estimate of drug-likeness (QED) is 0.614. The number of piperidine rings is 1. The molecule has 1 atom stereocenters. The Morgan fingerprint density at radius 1 is 1.05 bits per heavy atom. The van der Waals surface area contributed by atoms with Crippen LogP contribution in [0.3, 0.4) is 0 Å². The van der Waals surface area contributed by atoms with Crippen molar-refractivity contribution in [1.82, 2.24) is 4.90 Å². The molecule has 1 aliphatic heterocycles. The maximum Gasteiger partial charge on any atom is 0.409 e. The topological polar surface area (TPSA) is 63.7 Å². The summed E-state index contributed by atoms with van der Waals surface area (Å²) >= 11 is 0. The van der Waals surface area contributed by atoms with Crippen molar-refractivity contribution in [3.8, 4) is 0 Å². The fourth-order valence-corrected chi connectivity index (χ4v) is 2.42. The van der Waals surface area contributed by atoms with Gasteiger partial charge in [-0.2, -0.15) is 0 Å². The number of allylic oxidation sites excluding steroid dienone is 2. The SMILES string of the molecule is C=CC(=O)CCC(COC(=O)N1CCCCC1)CC(=O)C=C. The maximum atomic E-state index is 12.0. The first-order chi connectivity index (χ1) is 10.6. The van der Waals surface area contributed by atoms with E-state index < -0.39 is 0 Å². The van der Waals surface area contributed by atoms with Crippen LogP contribution in [0.5, 0.6) is 0 Å². The number of carbonyl (C=O) groups is 3. The Hall–Kier alpha value is -1.91. The van der Waals surface area contributed by atoms with Crippen LogP contribution in [0.15, 0.2) is 25.3 Å². The molecular weight excluding hydrogens is 282 g/mol. The molecular formula is C17H25NO4. The molecule has 5 nitrogen and oxygen atoms in total. The summed E-state index contributed by atoms with van der Waals surface area (Å²) in [6.07, 6.45) is 6.39. The summed E-state index contributed by atoms with van der Waals surface area (Å²) in [6, 6.07) is 0. The van der Waals surface area contributed by atoms with E-state index in [4.69, 9.17) is 4.74 Å². The molecule has 0 bridgehead atoms. The Morgan fingerprint density at radius 2 is 1.68 bits per heavy atom. The lowest BCUT2D eigenvalue weighted by atomic mass is 9.96. The van der Waals surface area contributed by atoms with Crippen LogP contribution in [0.1, 0.15) is 38.5 Å². The number of likely N-dealkylation sites (tertiary alicyclic amines) is 1. The molecule has 0 N–H and O–H groups in total. The Kier molecular flexibility index (Phi) is 8.18. The fraction of sp³-hybridized carbons (Fsp3) is 0.588.